The zero-order valence-electron chi connectivity index (χ0n) is 22.4. The maximum Gasteiger partial charge on any atom is 0.306 e. The van der Waals surface area contributed by atoms with Gasteiger partial charge >= 0.3 is 5.97 Å². The summed E-state index contributed by atoms with van der Waals surface area (Å²) >= 11 is 0. The van der Waals surface area contributed by atoms with E-state index in [4.69, 9.17) is 5.11 Å². The van der Waals surface area contributed by atoms with Crippen molar-refractivity contribution in [2.75, 3.05) is 0 Å². The van der Waals surface area contributed by atoms with Crippen LogP contribution in [0.3, 0.4) is 0 Å². The summed E-state index contributed by atoms with van der Waals surface area (Å²) < 4.78 is 0. The molecule has 3 saturated carbocycles. The van der Waals surface area contributed by atoms with E-state index in [0.29, 0.717) is 24.5 Å². The van der Waals surface area contributed by atoms with Crippen molar-refractivity contribution in [3.63, 3.8) is 0 Å². The Kier molecular flexibility index (Phi) is 6.55. The van der Waals surface area contributed by atoms with E-state index in [1.54, 1.807) is 0 Å². The second-order valence-corrected chi connectivity index (χ2v) is 13.1. The monoisotopic (exact) mass is 490 g/mol. The molecule has 5 heteroatoms. The van der Waals surface area contributed by atoms with Gasteiger partial charge in [0.2, 0.25) is 0 Å². The number of H-pyrrole nitrogens is 1. The van der Waals surface area contributed by atoms with Crippen molar-refractivity contribution in [1.82, 2.24) is 10.3 Å². The third-order valence-electron chi connectivity index (χ3n) is 8.99. The van der Waals surface area contributed by atoms with E-state index >= 15 is 0 Å². The summed E-state index contributed by atoms with van der Waals surface area (Å²) in [5.41, 5.74) is 7.18. The number of nitrogens with one attached hydrogen (secondary N) is 2. The molecule has 1 aromatic carbocycles. The molecule has 3 fully saturated rings. The van der Waals surface area contributed by atoms with E-state index < -0.39 is 5.97 Å². The summed E-state index contributed by atoms with van der Waals surface area (Å²) in [6, 6.07) is 9.07. The van der Waals surface area contributed by atoms with Crippen LogP contribution in [0.2, 0.25) is 0 Å². The molecule has 0 saturated heterocycles. The summed E-state index contributed by atoms with van der Waals surface area (Å²) in [5.74, 6) is -0.572. The van der Waals surface area contributed by atoms with Crippen LogP contribution < -0.4 is 5.32 Å². The standard InChI is InChI=1S/C31H42N2O3/c1-30(2,3)22-13-20(14-23(17-22)31(4)10-11-31)25-18-27(28(34)32-24-15-21(16-24)29(35)36)33-26(25)12-19-8-6-5-7-9-19/h13-14,17-19,21,24,33H,5-12,15-16H2,1-4H3,(H,32,34)(H,35,36)/t21-,24-. The zero-order valence-corrected chi connectivity index (χ0v) is 22.4. The van der Waals surface area contributed by atoms with Crippen LogP contribution in [-0.4, -0.2) is 28.0 Å². The van der Waals surface area contributed by atoms with E-state index in [2.05, 4.69) is 56.2 Å². The van der Waals surface area contributed by atoms with Gasteiger partial charge in [0.1, 0.15) is 5.69 Å². The largest absolute Gasteiger partial charge is 0.481 e. The molecule has 5 nitrogen and oxygen atoms in total. The first-order valence-electron chi connectivity index (χ1n) is 13.9. The topological polar surface area (TPSA) is 82.2 Å². The van der Waals surface area contributed by atoms with Gasteiger partial charge in [0.15, 0.2) is 0 Å². The predicted octanol–water partition coefficient (Wildman–Crippen LogP) is 6.75. The number of carbonyl (C=O) groups excluding carboxylic acids is 1. The molecule has 36 heavy (non-hydrogen) atoms. The van der Waals surface area contributed by atoms with E-state index in [1.165, 1.54) is 67.3 Å². The van der Waals surface area contributed by atoms with Crippen LogP contribution in [-0.2, 0) is 22.0 Å². The number of hydrogen-bond donors (Lipinski definition) is 3. The number of carbonyl (C=O) groups is 2. The minimum Gasteiger partial charge on any atom is -0.481 e. The smallest absolute Gasteiger partial charge is 0.306 e. The highest BCUT2D eigenvalue weighted by atomic mass is 16.4. The highest BCUT2D eigenvalue weighted by Gasteiger charge is 2.40. The van der Waals surface area contributed by atoms with Gasteiger partial charge in [-0.3, -0.25) is 9.59 Å². The SMILES string of the molecule is CC(C)(C)c1cc(-c2cc(C(=O)N[C@H]3C[C@H](C(=O)O)C3)[nH]c2CC2CCCCC2)cc(C2(C)CC2)c1. The van der Waals surface area contributed by atoms with Gasteiger partial charge in [-0.05, 0) is 71.6 Å². The molecular formula is C31H42N2O3. The highest BCUT2D eigenvalue weighted by molar-refractivity contribution is 5.95. The van der Waals surface area contributed by atoms with Crippen LogP contribution in [0.4, 0.5) is 0 Å². The molecule has 0 spiro atoms. The van der Waals surface area contributed by atoms with Crippen molar-refractivity contribution in [2.45, 2.75) is 109 Å². The van der Waals surface area contributed by atoms with Crippen LogP contribution in [0.15, 0.2) is 24.3 Å². The molecule has 0 radical (unpaired) electrons. The van der Waals surface area contributed by atoms with Gasteiger partial charge in [-0.1, -0.05) is 78.0 Å². The van der Waals surface area contributed by atoms with Gasteiger partial charge in [-0.2, -0.15) is 0 Å². The zero-order chi connectivity index (χ0) is 25.7. The van der Waals surface area contributed by atoms with E-state index in [9.17, 15) is 9.59 Å². The van der Waals surface area contributed by atoms with E-state index in [1.807, 2.05) is 6.07 Å². The van der Waals surface area contributed by atoms with Crippen LogP contribution in [0.25, 0.3) is 11.1 Å². The molecule has 0 aliphatic heterocycles. The molecule has 1 aromatic heterocycles. The van der Waals surface area contributed by atoms with Crippen molar-refractivity contribution in [3.05, 3.63) is 46.8 Å². The van der Waals surface area contributed by atoms with Gasteiger partial charge in [-0.25, -0.2) is 0 Å². The number of amides is 1. The highest BCUT2D eigenvalue weighted by Crippen LogP contribution is 2.49. The Balaban J connectivity index is 1.48. The van der Waals surface area contributed by atoms with Crippen molar-refractivity contribution >= 4 is 11.9 Å². The van der Waals surface area contributed by atoms with Gasteiger partial charge in [-0.15, -0.1) is 0 Å². The molecule has 1 amide bonds. The fourth-order valence-electron chi connectivity index (χ4n) is 5.96. The number of aliphatic carboxylic acids is 1. The Labute approximate surface area is 215 Å². The Hall–Kier alpha value is -2.56. The number of hydrogen-bond acceptors (Lipinski definition) is 2. The number of carboxylic acid groups (broad SMARTS) is 1. The molecule has 0 unspecified atom stereocenters. The molecular weight excluding hydrogens is 448 g/mol. The number of aromatic amines is 1. The van der Waals surface area contributed by atoms with Crippen molar-refractivity contribution in [3.8, 4) is 11.1 Å². The molecule has 3 aliphatic carbocycles. The molecule has 2 aromatic rings. The van der Waals surface area contributed by atoms with Crippen LogP contribution in [0.1, 0.15) is 113 Å². The molecule has 194 valence electrons. The van der Waals surface area contributed by atoms with Crippen LogP contribution in [0.5, 0.6) is 0 Å². The third-order valence-corrected chi connectivity index (χ3v) is 8.99. The van der Waals surface area contributed by atoms with Crippen LogP contribution in [0, 0.1) is 11.8 Å². The second-order valence-electron chi connectivity index (χ2n) is 13.1. The Morgan fingerprint density at radius 2 is 1.75 bits per heavy atom. The van der Waals surface area contributed by atoms with Crippen molar-refractivity contribution in [1.29, 1.82) is 0 Å². The van der Waals surface area contributed by atoms with E-state index in [0.717, 1.165) is 12.0 Å². The van der Waals surface area contributed by atoms with Gasteiger partial charge in [0, 0.05) is 17.3 Å². The summed E-state index contributed by atoms with van der Waals surface area (Å²) in [7, 11) is 0. The van der Waals surface area contributed by atoms with Gasteiger partial charge in [0.25, 0.3) is 5.91 Å². The average Bonchev–Trinajstić information content (AvgIpc) is 3.42. The average molecular weight is 491 g/mol. The number of rotatable bonds is 7. The predicted molar refractivity (Wildman–Crippen MR) is 143 cm³/mol. The minimum atomic E-state index is -0.767. The molecule has 0 bridgehead atoms. The fourth-order valence-corrected chi connectivity index (χ4v) is 5.96. The lowest BCUT2D eigenvalue weighted by molar-refractivity contribution is -0.145. The molecule has 0 atom stereocenters. The second kappa shape index (κ2) is 9.39. The normalized spacial score (nSPS) is 23.7. The summed E-state index contributed by atoms with van der Waals surface area (Å²) in [5, 5.41) is 12.2. The minimum absolute atomic E-state index is 0.0426. The Morgan fingerprint density at radius 1 is 1.06 bits per heavy atom. The quantitative estimate of drug-likeness (QED) is 0.402. The molecule has 1 heterocycles. The molecule has 3 aliphatic rings. The van der Waals surface area contributed by atoms with Crippen LogP contribution >= 0.6 is 0 Å². The van der Waals surface area contributed by atoms with Crippen molar-refractivity contribution < 1.29 is 14.7 Å². The lowest BCUT2D eigenvalue weighted by atomic mass is 9.80. The number of aromatic nitrogens is 1. The number of benzene rings is 1. The summed E-state index contributed by atoms with van der Waals surface area (Å²) in [4.78, 5) is 27.9. The lowest BCUT2D eigenvalue weighted by Crippen LogP contribution is -2.46. The first-order valence-corrected chi connectivity index (χ1v) is 13.9. The van der Waals surface area contributed by atoms with E-state index in [-0.39, 0.29) is 28.7 Å². The first kappa shape index (κ1) is 25.1. The molecule has 3 N–H and O–H groups in total. The first-order chi connectivity index (χ1) is 17.0. The Bertz CT molecular complexity index is 1120. The maximum absolute atomic E-state index is 13.2. The summed E-state index contributed by atoms with van der Waals surface area (Å²) in [6.45, 7) is 9.17. The summed E-state index contributed by atoms with van der Waals surface area (Å²) in [6.07, 6.45) is 10.9. The fraction of sp³-hybridized carbons (Fsp3) is 0.613. The number of carboxylic acids is 1. The molecule has 5 rings (SSSR count). The van der Waals surface area contributed by atoms with Crippen molar-refractivity contribution in [2.24, 2.45) is 11.8 Å². The maximum atomic E-state index is 13.2. The lowest BCUT2D eigenvalue weighted by Gasteiger charge is -2.32. The Morgan fingerprint density at radius 3 is 2.36 bits per heavy atom. The third kappa shape index (κ3) is 5.26. The van der Waals surface area contributed by atoms with Gasteiger partial charge in [0.05, 0.1) is 5.92 Å². The van der Waals surface area contributed by atoms with Gasteiger partial charge < -0.3 is 15.4 Å².